The maximum Gasteiger partial charge on any atom is 0.290 e. The molecular formula is C18H18N4O2. The second-order valence-electron chi connectivity index (χ2n) is 5.40. The molecule has 6 heteroatoms. The summed E-state index contributed by atoms with van der Waals surface area (Å²) in [5.41, 5.74) is 6.36. The Labute approximate surface area is 139 Å². The van der Waals surface area contributed by atoms with E-state index in [0.29, 0.717) is 11.4 Å². The lowest BCUT2D eigenvalue weighted by molar-refractivity contribution is 0.0948. The first kappa shape index (κ1) is 15.7. The monoisotopic (exact) mass is 322 g/mol. The second kappa shape index (κ2) is 6.54. The Kier molecular flexibility index (Phi) is 4.29. The number of methoxy groups -OCH3 is 1. The molecule has 1 amide bonds. The average Bonchev–Trinajstić information content (AvgIpc) is 2.93. The molecule has 0 saturated carbocycles. The van der Waals surface area contributed by atoms with Crippen molar-refractivity contribution in [1.82, 2.24) is 14.8 Å². The van der Waals surface area contributed by atoms with Crippen molar-refractivity contribution in [2.24, 2.45) is 5.10 Å². The number of hydrogen-bond acceptors (Lipinski definition) is 4. The molecule has 3 aromatic rings. The fraction of sp³-hybridized carbons (Fsp3) is 0.167. The van der Waals surface area contributed by atoms with Crippen LogP contribution in [0.25, 0.3) is 5.65 Å². The molecule has 1 aromatic carbocycles. The number of imidazole rings is 1. The molecule has 3 rings (SSSR count). The maximum atomic E-state index is 12.4. The van der Waals surface area contributed by atoms with Gasteiger partial charge in [-0.05, 0) is 55.3 Å². The Morgan fingerprint density at radius 1 is 1.25 bits per heavy atom. The zero-order valence-corrected chi connectivity index (χ0v) is 13.8. The van der Waals surface area contributed by atoms with Crippen LogP contribution in [0.3, 0.4) is 0 Å². The number of pyridine rings is 1. The number of fused-ring (bicyclic) bond motifs is 1. The van der Waals surface area contributed by atoms with Gasteiger partial charge in [0.25, 0.3) is 5.91 Å². The molecule has 0 radical (unpaired) electrons. The number of hydrazone groups is 1. The molecule has 0 aliphatic heterocycles. The zero-order chi connectivity index (χ0) is 17.1. The fourth-order valence-electron chi connectivity index (χ4n) is 2.50. The van der Waals surface area contributed by atoms with Gasteiger partial charge in [-0.1, -0.05) is 6.07 Å². The van der Waals surface area contributed by atoms with Gasteiger partial charge in [0.05, 0.1) is 19.0 Å². The standard InChI is InChI=1S/C18H18N4O2/c1-12-5-4-10-22-16(13(2)20-17(12)22)18(23)21-19-11-14-6-8-15(24-3)9-7-14/h4-11H,1-3H3,(H,21,23)/b19-11-. The Bertz CT molecular complexity index is 911. The van der Waals surface area contributed by atoms with Gasteiger partial charge >= 0.3 is 0 Å². The Balaban J connectivity index is 1.79. The molecular weight excluding hydrogens is 304 g/mol. The van der Waals surface area contributed by atoms with Crippen LogP contribution in [-0.4, -0.2) is 28.6 Å². The van der Waals surface area contributed by atoms with Crippen LogP contribution in [-0.2, 0) is 0 Å². The van der Waals surface area contributed by atoms with Gasteiger partial charge in [-0.2, -0.15) is 5.10 Å². The summed E-state index contributed by atoms with van der Waals surface area (Å²) in [5, 5.41) is 4.02. The predicted octanol–water partition coefficient (Wildman–Crippen LogP) is 2.72. The Morgan fingerprint density at radius 3 is 2.71 bits per heavy atom. The highest BCUT2D eigenvalue weighted by Gasteiger charge is 2.16. The van der Waals surface area contributed by atoms with Crippen molar-refractivity contribution >= 4 is 17.8 Å². The lowest BCUT2D eigenvalue weighted by Gasteiger charge is -2.03. The molecule has 2 aromatic heterocycles. The van der Waals surface area contributed by atoms with Crippen LogP contribution >= 0.6 is 0 Å². The number of ether oxygens (including phenoxy) is 1. The molecule has 0 saturated heterocycles. The van der Waals surface area contributed by atoms with E-state index in [1.165, 1.54) is 0 Å². The minimum atomic E-state index is -0.296. The SMILES string of the molecule is COc1ccc(/C=N\NC(=O)c2c(C)nc3c(C)cccn23)cc1. The first-order valence-corrected chi connectivity index (χ1v) is 7.52. The third kappa shape index (κ3) is 2.99. The minimum Gasteiger partial charge on any atom is -0.497 e. The van der Waals surface area contributed by atoms with Gasteiger partial charge in [-0.15, -0.1) is 0 Å². The Morgan fingerprint density at radius 2 is 2.00 bits per heavy atom. The van der Waals surface area contributed by atoms with Crippen molar-refractivity contribution < 1.29 is 9.53 Å². The van der Waals surface area contributed by atoms with Crippen molar-refractivity contribution in [3.05, 3.63) is 65.1 Å². The molecule has 1 N–H and O–H groups in total. The van der Waals surface area contributed by atoms with E-state index in [1.54, 1.807) is 17.7 Å². The number of carbonyl (C=O) groups is 1. The third-order valence-electron chi connectivity index (χ3n) is 3.73. The van der Waals surface area contributed by atoms with Crippen molar-refractivity contribution in [2.75, 3.05) is 7.11 Å². The molecule has 2 heterocycles. The molecule has 0 aliphatic carbocycles. The first-order chi connectivity index (χ1) is 11.6. The van der Waals surface area contributed by atoms with Crippen LogP contribution in [0.1, 0.15) is 27.3 Å². The van der Waals surface area contributed by atoms with Crippen LogP contribution < -0.4 is 10.2 Å². The normalized spacial score (nSPS) is 11.1. The molecule has 0 unspecified atom stereocenters. The van der Waals surface area contributed by atoms with Gasteiger partial charge < -0.3 is 4.74 Å². The Hall–Kier alpha value is -3.15. The number of aromatic nitrogens is 2. The highest BCUT2D eigenvalue weighted by molar-refractivity contribution is 5.95. The lowest BCUT2D eigenvalue weighted by atomic mass is 10.2. The molecule has 122 valence electrons. The summed E-state index contributed by atoms with van der Waals surface area (Å²) in [5.74, 6) is 0.475. The van der Waals surface area contributed by atoms with Crippen molar-refractivity contribution in [3.8, 4) is 5.75 Å². The number of nitrogens with zero attached hydrogens (tertiary/aromatic N) is 3. The zero-order valence-electron chi connectivity index (χ0n) is 13.8. The maximum absolute atomic E-state index is 12.4. The summed E-state index contributed by atoms with van der Waals surface area (Å²) < 4.78 is 6.88. The molecule has 0 aliphatic rings. The van der Waals surface area contributed by atoms with Crippen LogP contribution in [0.2, 0.25) is 0 Å². The van der Waals surface area contributed by atoms with Gasteiger partial charge in [0.1, 0.15) is 17.1 Å². The fourth-order valence-corrected chi connectivity index (χ4v) is 2.50. The van der Waals surface area contributed by atoms with Gasteiger partial charge in [-0.3, -0.25) is 9.20 Å². The quantitative estimate of drug-likeness (QED) is 0.593. The van der Waals surface area contributed by atoms with Crippen LogP contribution in [0.5, 0.6) is 5.75 Å². The lowest BCUT2D eigenvalue weighted by Crippen LogP contribution is -2.20. The van der Waals surface area contributed by atoms with E-state index >= 15 is 0 Å². The number of hydrogen-bond donors (Lipinski definition) is 1. The second-order valence-corrected chi connectivity index (χ2v) is 5.40. The number of amides is 1. The summed E-state index contributed by atoms with van der Waals surface area (Å²) in [6.07, 6.45) is 3.41. The van der Waals surface area contributed by atoms with Crippen molar-refractivity contribution in [1.29, 1.82) is 0 Å². The highest BCUT2D eigenvalue weighted by Crippen LogP contribution is 2.15. The van der Waals surface area contributed by atoms with Gasteiger partial charge in [-0.25, -0.2) is 10.4 Å². The summed E-state index contributed by atoms with van der Waals surface area (Å²) in [7, 11) is 1.61. The summed E-state index contributed by atoms with van der Waals surface area (Å²) >= 11 is 0. The number of nitrogens with one attached hydrogen (secondary N) is 1. The molecule has 0 fully saturated rings. The largest absolute Gasteiger partial charge is 0.497 e. The first-order valence-electron chi connectivity index (χ1n) is 7.52. The van der Waals surface area contributed by atoms with Gasteiger partial charge in [0.15, 0.2) is 0 Å². The van der Waals surface area contributed by atoms with E-state index in [0.717, 1.165) is 22.5 Å². The van der Waals surface area contributed by atoms with Crippen molar-refractivity contribution in [3.63, 3.8) is 0 Å². The summed E-state index contributed by atoms with van der Waals surface area (Å²) in [6, 6.07) is 11.2. The van der Waals surface area contributed by atoms with Crippen molar-refractivity contribution in [2.45, 2.75) is 13.8 Å². The smallest absolute Gasteiger partial charge is 0.290 e. The molecule has 24 heavy (non-hydrogen) atoms. The summed E-state index contributed by atoms with van der Waals surface area (Å²) in [4.78, 5) is 16.9. The molecule has 0 atom stereocenters. The van der Waals surface area contributed by atoms with E-state index in [9.17, 15) is 4.79 Å². The highest BCUT2D eigenvalue weighted by atomic mass is 16.5. The predicted molar refractivity (Wildman–Crippen MR) is 92.7 cm³/mol. The third-order valence-corrected chi connectivity index (χ3v) is 3.73. The summed E-state index contributed by atoms with van der Waals surface area (Å²) in [6.45, 7) is 3.78. The number of carbonyl (C=O) groups excluding carboxylic acids is 1. The van der Waals surface area contributed by atoms with E-state index in [-0.39, 0.29) is 5.91 Å². The number of rotatable bonds is 4. The van der Waals surface area contributed by atoms with Crippen LogP contribution in [0.15, 0.2) is 47.7 Å². The number of benzene rings is 1. The molecule has 6 nitrogen and oxygen atoms in total. The van der Waals surface area contributed by atoms with Crippen LogP contribution in [0, 0.1) is 13.8 Å². The van der Waals surface area contributed by atoms with Gasteiger partial charge in [0, 0.05) is 6.20 Å². The van der Waals surface area contributed by atoms with E-state index < -0.39 is 0 Å². The van der Waals surface area contributed by atoms with E-state index in [4.69, 9.17) is 4.74 Å². The van der Waals surface area contributed by atoms with Crippen LogP contribution in [0.4, 0.5) is 0 Å². The van der Waals surface area contributed by atoms with E-state index in [1.807, 2.05) is 56.4 Å². The minimum absolute atomic E-state index is 0.296. The van der Waals surface area contributed by atoms with E-state index in [2.05, 4.69) is 15.5 Å². The average molecular weight is 322 g/mol. The molecule has 0 spiro atoms. The number of aryl methyl sites for hydroxylation is 2. The molecule has 0 bridgehead atoms. The topological polar surface area (TPSA) is 68.0 Å². The van der Waals surface area contributed by atoms with Gasteiger partial charge in [0.2, 0.25) is 0 Å².